The minimum Gasteiger partial charge on any atom is -0.336 e. The molecule has 2 amide bonds. The molecule has 0 saturated heterocycles. The fourth-order valence-corrected chi connectivity index (χ4v) is 3.00. The van der Waals surface area contributed by atoms with Crippen LogP contribution in [0.5, 0.6) is 0 Å². The number of anilines is 1. The van der Waals surface area contributed by atoms with Crippen molar-refractivity contribution in [2.45, 2.75) is 13.3 Å². The zero-order chi connectivity index (χ0) is 21.7. The molecule has 154 valence electrons. The van der Waals surface area contributed by atoms with E-state index in [4.69, 9.17) is 11.6 Å². The SMILES string of the molecule is Cc1nc(-c2cccnc2)[nH]c(=O)c1CC(=O)N(C)CC(=O)Nc1cccc(Cl)c1. The van der Waals surface area contributed by atoms with Gasteiger partial charge in [0.15, 0.2) is 0 Å². The average molecular weight is 426 g/mol. The van der Waals surface area contributed by atoms with E-state index in [9.17, 15) is 14.4 Å². The Kier molecular flexibility index (Phi) is 6.58. The number of aromatic amines is 1. The lowest BCUT2D eigenvalue weighted by atomic mass is 10.1. The molecule has 2 N–H and O–H groups in total. The molecule has 3 rings (SSSR count). The first kappa shape index (κ1) is 21.2. The summed E-state index contributed by atoms with van der Waals surface area (Å²) in [5.41, 5.74) is 1.52. The van der Waals surface area contributed by atoms with E-state index in [1.807, 2.05) is 0 Å². The number of benzene rings is 1. The number of hydrogen-bond acceptors (Lipinski definition) is 5. The number of carbonyl (C=O) groups excluding carboxylic acids is 2. The van der Waals surface area contributed by atoms with E-state index in [0.717, 1.165) is 0 Å². The molecule has 0 spiro atoms. The summed E-state index contributed by atoms with van der Waals surface area (Å²) >= 11 is 5.90. The van der Waals surface area contributed by atoms with Crippen LogP contribution in [-0.4, -0.2) is 45.3 Å². The van der Waals surface area contributed by atoms with Crippen LogP contribution < -0.4 is 10.9 Å². The van der Waals surface area contributed by atoms with Gasteiger partial charge in [0, 0.05) is 47.0 Å². The van der Waals surface area contributed by atoms with Gasteiger partial charge in [-0.25, -0.2) is 4.98 Å². The number of nitrogens with zero attached hydrogens (tertiary/aromatic N) is 3. The van der Waals surface area contributed by atoms with Crippen LogP contribution in [0.1, 0.15) is 11.3 Å². The molecule has 0 aliphatic carbocycles. The number of pyridine rings is 1. The predicted molar refractivity (Wildman–Crippen MR) is 114 cm³/mol. The van der Waals surface area contributed by atoms with Gasteiger partial charge in [-0.3, -0.25) is 19.4 Å². The number of halogens is 1. The number of nitrogens with one attached hydrogen (secondary N) is 2. The Hall–Kier alpha value is -3.52. The lowest BCUT2D eigenvalue weighted by molar-refractivity contribution is -0.132. The number of rotatable bonds is 6. The molecule has 2 aromatic heterocycles. The number of aryl methyl sites for hydroxylation is 1. The van der Waals surface area contributed by atoms with Gasteiger partial charge in [-0.05, 0) is 37.3 Å². The summed E-state index contributed by atoms with van der Waals surface area (Å²) in [4.78, 5) is 49.6. The fourth-order valence-electron chi connectivity index (χ4n) is 2.81. The van der Waals surface area contributed by atoms with Crippen LogP contribution >= 0.6 is 11.6 Å². The van der Waals surface area contributed by atoms with Crippen LogP contribution in [0.25, 0.3) is 11.4 Å². The molecule has 0 saturated carbocycles. The van der Waals surface area contributed by atoms with Crippen molar-refractivity contribution in [2.75, 3.05) is 18.9 Å². The van der Waals surface area contributed by atoms with Gasteiger partial charge >= 0.3 is 0 Å². The van der Waals surface area contributed by atoms with Gasteiger partial charge in [0.05, 0.1) is 13.0 Å². The smallest absolute Gasteiger partial charge is 0.255 e. The average Bonchev–Trinajstić information content (AvgIpc) is 2.71. The van der Waals surface area contributed by atoms with Crippen LogP contribution in [0.15, 0.2) is 53.6 Å². The summed E-state index contributed by atoms with van der Waals surface area (Å²) in [5, 5.41) is 3.17. The Morgan fingerprint density at radius 2 is 2.03 bits per heavy atom. The second-order valence-corrected chi connectivity index (χ2v) is 7.14. The zero-order valence-corrected chi connectivity index (χ0v) is 17.2. The molecule has 0 aliphatic rings. The molecule has 9 heteroatoms. The van der Waals surface area contributed by atoms with Crippen molar-refractivity contribution in [2.24, 2.45) is 0 Å². The minimum atomic E-state index is -0.397. The first-order chi connectivity index (χ1) is 14.3. The van der Waals surface area contributed by atoms with E-state index < -0.39 is 5.56 Å². The van der Waals surface area contributed by atoms with Gasteiger partial charge in [0.2, 0.25) is 11.8 Å². The maximum absolute atomic E-state index is 12.5. The molecule has 2 heterocycles. The second-order valence-electron chi connectivity index (χ2n) is 6.71. The molecule has 3 aromatic rings. The van der Waals surface area contributed by atoms with Crippen molar-refractivity contribution < 1.29 is 9.59 Å². The Morgan fingerprint density at radius 3 is 2.70 bits per heavy atom. The summed E-state index contributed by atoms with van der Waals surface area (Å²) < 4.78 is 0. The molecule has 30 heavy (non-hydrogen) atoms. The van der Waals surface area contributed by atoms with Crippen molar-refractivity contribution in [3.8, 4) is 11.4 Å². The fraction of sp³-hybridized carbons (Fsp3) is 0.190. The van der Waals surface area contributed by atoms with Crippen LogP contribution in [0.2, 0.25) is 5.02 Å². The van der Waals surface area contributed by atoms with E-state index in [1.54, 1.807) is 55.7 Å². The highest BCUT2D eigenvalue weighted by Crippen LogP contribution is 2.15. The van der Waals surface area contributed by atoms with Gasteiger partial charge in [-0.15, -0.1) is 0 Å². The van der Waals surface area contributed by atoms with E-state index in [1.165, 1.54) is 11.9 Å². The van der Waals surface area contributed by atoms with E-state index >= 15 is 0 Å². The summed E-state index contributed by atoms with van der Waals surface area (Å²) in [7, 11) is 1.50. The van der Waals surface area contributed by atoms with E-state index in [0.29, 0.717) is 27.8 Å². The van der Waals surface area contributed by atoms with Gasteiger partial charge in [0.25, 0.3) is 5.56 Å². The molecule has 0 fully saturated rings. The van der Waals surface area contributed by atoms with Crippen LogP contribution in [0.4, 0.5) is 5.69 Å². The predicted octanol–water partition coefficient (Wildman–Crippen LogP) is 2.43. The largest absolute Gasteiger partial charge is 0.336 e. The highest BCUT2D eigenvalue weighted by molar-refractivity contribution is 6.30. The Morgan fingerprint density at radius 1 is 1.23 bits per heavy atom. The lowest BCUT2D eigenvalue weighted by Crippen LogP contribution is -2.37. The molecule has 0 aliphatic heterocycles. The monoisotopic (exact) mass is 425 g/mol. The van der Waals surface area contributed by atoms with Crippen LogP contribution in [0, 0.1) is 6.92 Å². The molecule has 0 bridgehead atoms. The van der Waals surface area contributed by atoms with Gasteiger partial charge in [-0.2, -0.15) is 0 Å². The quantitative estimate of drug-likeness (QED) is 0.630. The summed E-state index contributed by atoms with van der Waals surface area (Å²) in [6.45, 7) is 1.51. The van der Waals surface area contributed by atoms with Gasteiger partial charge in [-0.1, -0.05) is 17.7 Å². The topological polar surface area (TPSA) is 108 Å². The molecule has 1 aromatic carbocycles. The molecular weight excluding hydrogens is 406 g/mol. The molecule has 0 atom stereocenters. The third-order valence-corrected chi connectivity index (χ3v) is 4.64. The number of amides is 2. The third-order valence-electron chi connectivity index (χ3n) is 4.40. The van der Waals surface area contributed by atoms with Crippen molar-refractivity contribution in [3.05, 3.63) is 75.4 Å². The number of hydrogen-bond donors (Lipinski definition) is 2. The minimum absolute atomic E-state index is 0.163. The van der Waals surface area contributed by atoms with Gasteiger partial charge in [0.1, 0.15) is 5.82 Å². The van der Waals surface area contributed by atoms with Crippen molar-refractivity contribution in [1.29, 1.82) is 0 Å². The summed E-state index contributed by atoms with van der Waals surface area (Å²) in [5.74, 6) is -0.361. The first-order valence-corrected chi connectivity index (χ1v) is 9.51. The third kappa shape index (κ3) is 5.30. The maximum Gasteiger partial charge on any atom is 0.255 e. The highest BCUT2D eigenvalue weighted by Gasteiger charge is 2.18. The number of likely N-dealkylation sites (N-methyl/N-ethyl adjacent to an activating group) is 1. The molecule has 0 unspecified atom stereocenters. The Balaban J connectivity index is 1.66. The number of carbonyl (C=O) groups is 2. The first-order valence-electron chi connectivity index (χ1n) is 9.13. The normalized spacial score (nSPS) is 10.5. The molecule has 8 nitrogen and oxygen atoms in total. The van der Waals surface area contributed by atoms with Crippen molar-refractivity contribution in [3.63, 3.8) is 0 Å². The summed E-state index contributed by atoms with van der Waals surface area (Å²) in [6.07, 6.45) is 3.05. The number of aromatic nitrogens is 3. The van der Waals surface area contributed by atoms with Crippen molar-refractivity contribution >= 4 is 29.1 Å². The Labute approximate surface area is 177 Å². The van der Waals surface area contributed by atoms with E-state index in [-0.39, 0.29) is 30.3 Å². The number of H-pyrrole nitrogens is 1. The zero-order valence-electron chi connectivity index (χ0n) is 16.5. The highest BCUT2D eigenvalue weighted by atomic mass is 35.5. The molecular formula is C21H20ClN5O3. The van der Waals surface area contributed by atoms with Gasteiger partial charge < -0.3 is 15.2 Å². The second kappa shape index (κ2) is 9.32. The molecule has 0 radical (unpaired) electrons. The summed E-state index contributed by atoms with van der Waals surface area (Å²) in [6, 6.07) is 10.2. The maximum atomic E-state index is 12.5. The van der Waals surface area contributed by atoms with Crippen LogP contribution in [0.3, 0.4) is 0 Å². The van der Waals surface area contributed by atoms with Crippen molar-refractivity contribution in [1.82, 2.24) is 19.9 Å². The lowest BCUT2D eigenvalue weighted by Gasteiger charge is -2.17. The van der Waals surface area contributed by atoms with Crippen LogP contribution in [-0.2, 0) is 16.0 Å². The standard InChI is InChI=1S/C21H20ClN5O3/c1-13-17(21(30)26-20(24-13)14-5-4-8-23-11-14)10-19(29)27(2)12-18(28)25-16-7-3-6-15(22)9-16/h3-9,11H,10,12H2,1-2H3,(H,25,28)(H,24,26,30). The van der Waals surface area contributed by atoms with E-state index in [2.05, 4.69) is 20.3 Å². The Bertz CT molecular complexity index is 1130.